The average molecular weight is 316 g/mol. The van der Waals surface area contributed by atoms with E-state index in [1.54, 1.807) is 26.6 Å². The minimum absolute atomic E-state index is 0.730. The maximum absolute atomic E-state index is 5.38. The minimum Gasteiger partial charge on any atom is -0.497 e. The predicted molar refractivity (Wildman–Crippen MR) is 87.5 cm³/mol. The summed E-state index contributed by atoms with van der Waals surface area (Å²) >= 11 is 1.53. The number of nitrogens with zero attached hydrogens (tertiary/aromatic N) is 3. The highest BCUT2D eigenvalue weighted by molar-refractivity contribution is 8.03. The van der Waals surface area contributed by atoms with Crippen molar-refractivity contribution in [3.8, 4) is 22.8 Å². The van der Waals surface area contributed by atoms with Gasteiger partial charge in [-0.05, 0) is 25.1 Å². The number of rotatable bonds is 4. The van der Waals surface area contributed by atoms with Crippen molar-refractivity contribution in [3.05, 3.63) is 41.7 Å². The topological polar surface area (TPSA) is 59.5 Å². The third kappa shape index (κ3) is 2.80. The number of nitrogens with one attached hydrogen (secondary N) is 1. The molecule has 7 heteroatoms. The molecular weight excluding hydrogens is 300 g/mol. The fourth-order valence-electron chi connectivity index (χ4n) is 2.04. The molecule has 2 heterocycles. The molecule has 3 rings (SSSR count). The Morgan fingerprint density at radius 1 is 1.14 bits per heavy atom. The lowest BCUT2D eigenvalue weighted by molar-refractivity contribution is 0.404. The second-order valence-electron chi connectivity index (χ2n) is 4.64. The number of aromatic nitrogens is 2. The summed E-state index contributed by atoms with van der Waals surface area (Å²) < 4.78 is 12.5. The zero-order chi connectivity index (χ0) is 15.5. The van der Waals surface area contributed by atoms with Crippen molar-refractivity contribution in [1.82, 2.24) is 15.4 Å². The molecule has 0 amide bonds. The van der Waals surface area contributed by atoms with Crippen molar-refractivity contribution < 1.29 is 9.47 Å². The zero-order valence-corrected chi connectivity index (χ0v) is 13.3. The molecule has 0 radical (unpaired) electrons. The summed E-state index contributed by atoms with van der Waals surface area (Å²) in [5.41, 5.74) is 5.83. The van der Waals surface area contributed by atoms with Gasteiger partial charge in [0, 0.05) is 28.6 Å². The van der Waals surface area contributed by atoms with E-state index < -0.39 is 0 Å². The number of anilines is 1. The normalized spacial score (nSPS) is 13.6. The molecule has 0 saturated heterocycles. The van der Waals surface area contributed by atoms with Gasteiger partial charge in [0.2, 0.25) is 0 Å². The lowest BCUT2D eigenvalue weighted by atomic mass is 10.1. The van der Waals surface area contributed by atoms with E-state index >= 15 is 0 Å². The summed E-state index contributed by atoms with van der Waals surface area (Å²) in [6.07, 6.45) is 3.45. The van der Waals surface area contributed by atoms with Gasteiger partial charge in [-0.15, -0.1) is 0 Å². The van der Waals surface area contributed by atoms with E-state index in [1.807, 2.05) is 34.9 Å². The molecule has 0 saturated carbocycles. The lowest BCUT2D eigenvalue weighted by Crippen LogP contribution is -2.26. The third-order valence-corrected chi connectivity index (χ3v) is 4.09. The number of hydrazine groups is 1. The van der Waals surface area contributed by atoms with Crippen LogP contribution in [0.15, 0.2) is 41.7 Å². The summed E-state index contributed by atoms with van der Waals surface area (Å²) in [7, 11) is 3.26. The highest BCUT2D eigenvalue weighted by atomic mass is 32.2. The molecule has 1 aromatic heterocycles. The first kappa shape index (κ1) is 14.5. The van der Waals surface area contributed by atoms with Crippen LogP contribution in [0.1, 0.15) is 6.92 Å². The Balaban J connectivity index is 1.89. The monoisotopic (exact) mass is 316 g/mol. The van der Waals surface area contributed by atoms with Crippen LogP contribution in [-0.2, 0) is 0 Å². The Kier molecular flexibility index (Phi) is 4.06. The van der Waals surface area contributed by atoms with Gasteiger partial charge in [0.25, 0.3) is 0 Å². The molecule has 0 unspecified atom stereocenters. The van der Waals surface area contributed by atoms with E-state index in [-0.39, 0.29) is 0 Å². The van der Waals surface area contributed by atoms with Crippen LogP contribution in [-0.4, -0.2) is 24.2 Å². The van der Waals surface area contributed by atoms with E-state index in [2.05, 4.69) is 15.4 Å². The first-order valence-corrected chi connectivity index (χ1v) is 7.49. The summed E-state index contributed by atoms with van der Waals surface area (Å²) in [6.45, 7) is 2.00. The van der Waals surface area contributed by atoms with Gasteiger partial charge in [-0.25, -0.2) is 9.40 Å². The number of hydrogen-bond acceptors (Lipinski definition) is 7. The molecule has 0 aliphatic carbocycles. The van der Waals surface area contributed by atoms with E-state index in [4.69, 9.17) is 9.47 Å². The van der Waals surface area contributed by atoms with Gasteiger partial charge in [-0.1, -0.05) is 0 Å². The van der Waals surface area contributed by atoms with Crippen LogP contribution >= 0.6 is 11.9 Å². The maximum atomic E-state index is 5.38. The Morgan fingerprint density at radius 3 is 2.59 bits per heavy atom. The highest BCUT2D eigenvalue weighted by Crippen LogP contribution is 2.33. The molecule has 1 aliphatic heterocycles. The molecule has 0 spiro atoms. The molecule has 114 valence electrons. The highest BCUT2D eigenvalue weighted by Gasteiger charge is 2.15. The molecule has 0 fully saturated rings. The van der Waals surface area contributed by atoms with Crippen molar-refractivity contribution in [1.29, 1.82) is 0 Å². The molecule has 0 atom stereocenters. The van der Waals surface area contributed by atoms with Crippen LogP contribution in [0.4, 0.5) is 5.82 Å². The van der Waals surface area contributed by atoms with Gasteiger partial charge in [0.15, 0.2) is 5.82 Å². The maximum Gasteiger partial charge on any atom is 0.177 e. The van der Waals surface area contributed by atoms with Gasteiger partial charge in [0.05, 0.1) is 32.3 Å². The smallest absolute Gasteiger partial charge is 0.177 e. The van der Waals surface area contributed by atoms with Crippen LogP contribution < -0.4 is 19.3 Å². The fourth-order valence-corrected chi connectivity index (χ4v) is 2.75. The average Bonchev–Trinajstić information content (AvgIpc) is 3.01. The van der Waals surface area contributed by atoms with E-state index in [1.165, 1.54) is 11.9 Å². The second-order valence-corrected chi connectivity index (χ2v) is 5.45. The molecule has 1 aromatic carbocycles. The van der Waals surface area contributed by atoms with Crippen LogP contribution in [0.3, 0.4) is 0 Å². The van der Waals surface area contributed by atoms with Gasteiger partial charge in [0.1, 0.15) is 11.5 Å². The summed E-state index contributed by atoms with van der Waals surface area (Å²) in [5, 5.41) is 2.01. The molecule has 0 bridgehead atoms. The fraction of sp³-hybridized carbons (Fsp3) is 0.200. The van der Waals surface area contributed by atoms with Crippen molar-refractivity contribution >= 4 is 17.8 Å². The summed E-state index contributed by atoms with van der Waals surface area (Å²) in [4.78, 5) is 8.94. The van der Waals surface area contributed by atoms with Gasteiger partial charge in [-0.2, -0.15) is 0 Å². The van der Waals surface area contributed by atoms with E-state index in [9.17, 15) is 0 Å². The molecule has 1 aliphatic rings. The molecule has 6 nitrogen and oxygen atoms in total. The van der Waals surface area contributed by atoms with Crippen LogP contribution in [0.2, 0.25) is 0 Å². The number of ether oxygens (including phenoxy) is 2. The van der Waals surface area contributed by atoms with Crippen molar-refractivity contribution in [2.24, 2.45) is 0 Å². The van der Waals surface area contributed by atoms with E-state index in [0.29, 0.717) is 0 Å². The standard InChI is InChI=1S/C15H16N4O2S/c1-10-9-22-19(18-10)15-8-16-13(7-17-15)12-6-11(20-2)4-5-14(12)21-3/h4-9,18H,1-3H3. The largest absolute Gasteiger partial charge is 0.497 e. The molecule has 2 aromatic rings. The van der Waals surface area contributed by atoms with Crippen LogP contribution in [0, 0.1) is 0 Å². The first-order chi connectivity index (χ1) is 10.7. The summed E-state index contributed by atoms with van der Waals surface area (Å²) in [6, 6.07) is 5.59. The second kappa shape index (κ2) is 6.15. The Hall–Kier alpha value is -2.41. The number of allylic oxidation sites excluding steroid dienone is 1. The van der Waals surface area contributed by atoms with Gasteiger partial charge < -0.3 is 9.47 Å². The molecule has 1 N–H and O–H groups in total. The minimum atomic E-state index is 0.730. The Bertz CT molecular complexity index is 703. The van der Waals surface area contributed by atoms with Gasteiger partial charge in [-0.3, -0.25) is 10.4 Å². The molecule has 22 heavy (non-hydrogen) atoms. The van der Waals surface area contributed by atoms with E-state index in [0.717, 1.165) is 34.3 Å². The predicted octanol–water partition coefficient (Wildman–Crippen LogP) is 2.99. The number of methoxy groups -OCH3 is 2. The Labute approximate surface area is 133 Å². The van der Waals surface area contributed by atoms with Crippen LogP contribution in [0.25, 0.3) is 11.3 Å². The number of benzene rings is 1. The first-order valence-electron chi connectivity index (χ1n) is 6.66. The van der Waals surface area contributed by atoms with Crippen molar-refractivity contribution in [2.45, 2.75) is 6.92 Å². The SMILES string of the molecule is COc1ccc(OC)c(-c2cnc(N3NC(C)=CS3)cn2)c1. The Morgan fingerprint density at radius 2 is 2.00 bits per heavy atom. The van der Waals surface area contributed by atoms with Crippen molar-refractivity contribution in [3.63, 3.8) is 0 Å². The zero-order valence-electron chi connectivity index (χ0n) is 12.5. The lowest BCUT2D eigenvalue weighted by Gasteiger charge is -2.16. The quantitative estimate of drug-likeness (QED) is 0.870. The van der Waals surface area contributed by atoms with Crippen molar-refractivity contribution in [2.75, 3.05) is 18.6 Å². The van der Waals surface area contributed by atoms with Crippen LogP contribution in [0.5, 0.6) is 11.5 Å². The molecular formula is C15H16N4O2S. The number of hydrogen-bond donors (Lipinski definition) is 1. The third-order valence-electron chi connectivity index (χ3n) is 3.14. The summed E-state index contributed by atoms with van der Waals surface area (Å²) in [5.74, 6) is 2.22. The van der Waals surface area contributed by atoms with Gasteiger partial charge >= 0.3 is 0 Å².